The molecule has 1 fully saturated rings. The van der Waals surface area contributed by atoms with Gasteiger partial charge >= 0.3 is 5.97 Å². The molecule has 0 aromatic heterocycles. The Kier molecular flexibility index (Phi) is 5.90. The van der Waals surface area contributed by atoms with Crippen molar-refractivity contribution >= 4 is 22.1 Å². The molecule has 116 valence electrons. The summed E-state index contributed by atoms with van der Waals surface area (Å²) in [6.45, 7) is 2.57. The van der Waals surface area contributed by atoms with Crippen LogP contribution in [0.4, 0.5) is 0 Å². The number of amides is 1. The monoisotopic (exact) mass is 307 g/mol. The van der Waals surface area contributed by atoms with Gasteiger partial charge in [-0.1, -0.05) is 13.3 Å². The van der Waals surface area contributed by atoms with Gasteiger partial charge in [-0.25, -0.2) is 0 Å². The largest absolute Gasteiger partial charge is 0.481 e. The molecule has 0 aromatic carbocycles. The summed E-state index contributed by atoms with van der Waals surface area (Å²) in [5, 5.41) is 11.3. The summed E-state index contributed by atoms with van der Waals surface area (Å²) >= 11 is 0. The Morgan fingerprint density at radius 1 is 1.55 bits per heavy atom. The molecule has 1 aliphatic rings. The molecule has 1 rings (SSSR count). The van der Waals surface area contributed by atoms with Crippen LogP contribution in [0.5, 0.6) is 0 Å². The summed E-state index contributed by atoms with van der Waals surface area (Å²) in [5.74, 6) is -1.77. The lowest BCUT2D eigenvalue weighted by Gasteiger charge is -2.35. The highest BCUT2D eigenvalue weighted by atomic mass is 32.2. The van der Waals surface area contributed by atoms with Crippen molar-refractivity contribution in [2.45, 2.75) is 32.2 Å². The molecule has 1 unspecified atom stereocenters. The maximum absolute atomic E-state index is 12.4. The normalized spacial score (nSPS) is 20.9. The van der Waals surface area contributed by atoms with E-state index in [9.17, 15) is 18.0 Å². The first-order chi connectivity index (χ1) is 9.30. The number of hydrogen-bond acceptors (Lipinski definition) is 4. The molecule has 1 heterocycles. The van der Waals surface area contributed by atoms with Crippen LogP contribution in [0.3, 0.4) is 0 Å². The van der Waals surface area contributed by atoms with Gasteiger partial charge in [0, 0.05) is 26.7 Å². The maximum atomic E-state index is 12.4. The molecular weight excluding hydrogens is 286 g/mol. The summed E-state index contributed by atoms with van der Waals surface area (Å²) < 4.78 is 27.0. The SMILES string of the molecule is CCCCN(C)S(=O)(=O)N1CCNC(=O)C1CC(=O)O. The first-order valence-corrected chi connectivity index (χ1v) is 7.93. The third kappa shape index (κ3) is 3.90. The third-order valence-electron chi connectivity index (χ3n) is 3.17. The second-order valence-corrected chi connectivity index (χ2v) is 6.69. The maximum Gasteiger partial charge on any atom is 0.305 e. The van der Waals surface area contributed by atoms with Crippen LogP contribution in [0.2, 0.25) is 0 Å². The summed E-state index contributed by atoms with van der Waals surface area (Å²) in [7, 11) is -2.38. The number of carboxylic acid groups (broad SMARTS) is 1. The topological polar surface area (TPSA) is 107 Å². The van der Waals surface area contributed by atoms with Crippen molar-refractivity contribution in [3.63, 3.8) is 0 Å². The van der Waals surface area contributed by atoms with Gasteiger partial charge in [0.15, 0.2) is 0 Å². The van der Waals surface area contributed by atoms with E-state index in [1.165, 1.54) is 11.4 Å². The van der Waals surface area contributed by atoms with Crippen LogP contribution in [0.1, 0.15) is 26.2 Å². The zero-order chi connectivity index (χ0) is 15.3. The second kappa shape index (κ2) is 7.00. The fourth-order valence-electron chi connectivity index (χ4n) is 2.00. The van der Waals surface area contributed by atoms with Gasteiger partial charge in [-0.2, -0.15) is 17.0 Å². The van der Waals surface area contributed by atoms with Crippen LogP contribution in [0, 0.1) is 0 Å². The van der Waals surface area contributed by atoms with Crippen LogP contribution >= 0.6 is 0 Å². The Morgan fingerprint density at radius 3 is 2.75 bits per heavy atom. The smallest absolute Gasteiger partial charge is 0.305 e. The fourth-order valence-corrected chi connectivity index (χ4v) is 3.54. The van der Waals surface area contributed by atoms with E-state index in [4.69, 9.17) is 5.11 Å². The van der Waals surface area contributed by atoms with Crippen molar-refractivity contribution in [1.82, 2.24) is 13.9 Å². The minimum atomic E-state index is -3.82. The zero-order valence-corrected chi connectivity index (χ0v) is 12.5. The van der Waals surface area contributed by atoms with Crippen molar-refractivity contribution < 1.29 is 23.1 Å². The number of nitrogens with zero attached hydrogens (tertiary/aromatic N) is 2. The molecule has 0 aromatic rings. The number of unbranched alkanes of at least 4 members (excludes halogenated alkanes) is 1. The van der Waals surface area contributed by atoms with E-state index in [0.717, 1.165) is 10.7 Å². The first kappa shape index (κ1) is 16.9. The highest BCUT2D eigenvalue weighted by Crippen LogP contribution is 2.17. The molecule has 1 atom stereocenters. The van der Waals surface area contributed by atoms with Gasteiger partial charge < -0.3 is 10.4 Å². The van der Waals surface area contributed by atoms with E-state index >= 15 is 0 Å². The van der Waals surface area contributed by atoms with Crippen molar-refractivity contribution in [3.8, 4) is 0 Å². The predicted molar refractivity (Wildman–Crippen MR) is 72.2 cm³/mol. The number of rotatable bonds is 7. The van der Waals surface area contributed by atoms with Crippen molar-refractivity contribution in [2.24, 2.45) is 0 Å². The lowest BCUT2D eigenvalue weighted by Crippen LogP contribution is -2.60. The van der Waals surface area contributed by atoms with Gasteiger partial charge in [0.1, 0.15) is 6.04 Å². The molecular formula is C11H21N3O5S. The van der Waals surface area contributed by atoms with E-state index in [-0.39, 0.29) is 13.1 Å². The average molecular weight is 307 g/mol. The number of carbonyl (C=O) groups is 2. The molecule has 2 N–H and O–H groups in total. The average Bonchev–Trinajstić information content (AvgIpc) is 2.37. The van der Waals surface area contributed by atoms with Gasteiger partial charge in [0.25, 0.3) is 10.2 Å². The number of piperazine rings is 1. The van der Waals surface area contributed by atoms with E-state index in [1.54, 1.807) is 0 Å². The quantitative estimate of drug-likeness (QED) is 0.643. The summed E-state index contributed by atoms with van der Waals surface area (Å²) in [6, 6.07) is -1.18. The minimum Gasteiger partial charge on any atom is -0.481 e. The van der Waals surface area contributed by atoms with Gasteiger partial charge in [0.05, 0.1) is 6.42 Å². The number of carbonyl (C=O) groups excluding carboxylic acids is 1. The Morgan fingerprint density at radius 2 is 2.20 bits per heavy atom. The van der Waals surface area contributed by atoms with E-state index in [1.807, 2.05) is 6.92 Å². The van der Waals surface area contributed by atoms with Crippen LogP contribution < -0.4 is 5.32 Å². The Labute approximate surface area is 118 Å². The molecule has 0 bridgehead atoms. The molecule has 20 heavy (non-hydrogen) atoms. The number of aliphatic carboxylic acids is 1. The molecule has 0 radical (unpaired) electrons. The van der Waals surface area contributed by atoms with Gasteiger partial charge in [-0.3, -0.25) is 9.59 Å². The molecule has 1 saturated heterocycles. The van der Waals surface area contributed by atoms with Crippen molar-refractivity contribution in [3.05, 3.63) is 0 Å². The lowest BCUT2D eigenvalue weighted by molar-refractivity contribution is -0.141. The van der Waals surface area contributed by atoms with Crippen LogP contribution in [-0.4, -0.2) is 66.7 Å². The number of carboxylic acids is 1. The van der Waals surface area contributed by atoms with E-state index in [0.29, 0.717) is 13.0 Å². The van der Waals surface area contributed by atoms with Gasteiger partial charge in [0.2, 0.25) is 5.91 Å². The third-order valence-corrected chi connectivity index (χ3v) is 5.17. The Hall–Kier alpha value is -1.19. The first-order valence-electron chi connectivity index (χ1n) is 6.53. The molecule has 0 aliphatic carbocycles. The number of hydrogen-bond donors (Lipinski definition) is 2. The number of nitrogens with one attached hydrogen (secondary N) is 1. The summed E-state index contributed by atoms with van der Waals surface area (Å²) in [4.78, 5) is 22.5. The Balaban J connectivity index is 2.93. The highest BCUT2D eigenvalue weighted by molar-refractivity contribution is 7.86. The predicted octanol–water partition coefficient (Wildman–Crippen LogP) is -0.762. The molecule has 8 nitrogen and oxygen atoms in total. The fraction of sp³-hybridized carbons (Fsp3) is 0.818. The lowest BCUT2D eigenvalue weighted by atomic mass is 10.1. The summed E-state index contributed by atoms with van der Waals surface area (Å²) in [6.07, 6.45) is 1.02. The minimum absolute atomic E-state index is 0.0858. The highest BCUT2D eigenvalue weighted by Gasteiger charge is 2.40. The molecule has 9 heteroatoms. The molecule has 1 amide bonds. The molecule has 0 saturated carbocycles. The van der Waals surface area contributed by atoms with Crippen LogP contribution in [-0.2, 0) is 19.8 Å². The van der Waals surface area contributed by atoms with Gasteiger partial charge in [-0.15, -0.1) is 0 Å². The second-order valence-electron chi connectivity index (χ2n) is 4.70. The molecule has 1 aliphatic heterocycles. The zero-order valence-electron chi connectivity index (χ0n) is 11.7. The molecule has 0 spiro atoms. The van der Waals surface area contributed by atoms with Gasteiger partial charge in [-0.05, 0) is 6.42 Å². The van der Waals surface area contributed by atoms with Crippen molar-refractivity contribution in [1.29, 1.82) is 0 Å². The van der Waals surface area contributed by atoms with Crippen LogP contribution in [0.25, 0.3) is 0 Å². The standard InChI is InChI=1S/C11H21N3O5S/c1-3-4-6-13(2)20(18,19)14-7-5-12-11(17)9(14)8-10(15)16/h9H,3-8H2,1-2H3,(H,12,17)(H,15,16). The Bertz CT molecular complexity index is 465. The van der Waals surface area contributed by atoms with E-state index < -0.39 is 34.5 Å². The van der Waals surface area contributed by atoms with Crippen molar-refractivity contribution in [2.75, 3.05) is 26.7 Å². The summed E-state index contributed by atoms with van der Waals surface area (Å²) in [5.41, 5.74) is 0. The van der Waals surface area contributed by atoms with E-state index in [2.05, 4.69) is 5.32 Å². The van der Waals surface area contributed by atoms with Crippen LogP contribution in [0.15, 0.2) is 0 Å².